The van der Waals surface area contributed by atoms with Crippen molar-refractivity contribution in [2.24, 2.45) is 34.5 Å². The van der Waals surface area contributed by atoms with Gasteiger partial charge in [-0.25, -0.2) is 0 Å². The topological polar surface area (TPSA) is 49.4 Å². The lowest BCUT2D eigenvalue weighted by atomic mass is 9.47. The van der Waals surface area contributed by atoms with Gasteiger partial charge < -0.3 is 10.2 Å². The molecule has 0 radical (unpaired) electrons. The molecule has 4 fully saturated rings. The molecule has 2 aliphatic heterocycles. The van der Waals surface area contributed by atoms with Crippen molar-refractivity contribution in [1.82, 2.24) is 5.32 Å². The molecule has 2 heterocycles. The summed E-state index contributed by atoms with van der Waals surface area (Å²) < 4.78 is 0. The van der Waals surface area contributed by atoms with Gasteiger partial charge >= 0.3 is 0 Å². The molecule has 0 aromatic heterocycles. The SMILES string of the molecule is C[C@]12CCC(=O)N[C@@H]1CC[C@@H]1[C@@H]2CC[C@]2(C)[C@@H](C(=O)N3CCc4ccccc43)CC[C@@H]12. The third-order valence-corrected chi connectivity index (χ3v) is 10.5. The van der Waals surface area contributed by atoms with E-state index in [1.807, 2.05) is 0 Å². The number of piperidine rings is 1. The quantitative estimate of drug-likeness (QED) is 0.715. The van der Waals surface area contributed by atoms with Crippen molar-refractivity contribution in [3.63, 3.8) is 0 Å². The Morgan fingerprint density at radius 3 is 2.65 bits per heavy atom. The standard InChI is InChI=1S/C27H36N2O2/c1-26-14-11-20-18(7-10-23-27(20,2)15-12-24(30)28-23)19(26)8-9-21(26)25(31)29-16-13-17-5-3-4-6-22(17)29/h3-6,18-21,23H,7-16H2,1-2H3,(H,28,30)/t18-,19-,20-,21+,23+,26-,27+/m0/s1. The van der Waals surface area contributed by atoms with Gasteiger partial charge in [0.05, 0.1) is 0 Å². The summed E-state index contributed by atoms with van der Waals surface area (Å²) >= 11 is 0. The smallest absolute Gasteiger partial charge is 0.230 e. The summed E-state index contributed by atoms with van der Waals surface area (Å²) in [6, 6.07) is 8.82. The highest BCUT2D eigenvalue weighted by atomic mass is 16.2. The third-order valence-electron chi connectivity index (χ3n) is 10.5. The van der Waals surface area contributed by atoms with Crippen LogP contribution in [0.25, 0.3) is 0 Å². The second kappa shape index (κ2) is 6.83. The van der Waals surface area contributed by atoms with Gasteiger partial charge in [-0.1, -0.05) is 32.0 Å². The first-order valence-electron chi connectivity index (χ1n) is 12.6. The molecular formula is C27H36N2O2. The summed E-state index contributed by atoms with van der Waals surface area (Å²) in [5, 5.41) is 3.33. The molecule has 166 valence electrons. The number of fused-ring (bicyclic) bond motifs is 6. The number of hydrogen-bond acceptors (Lipinski definition) is 2. The predicted molar refractivity (Wildman–Crippen MR) is 122 cm³/mol. The number of benzene rings is 1. The molecule has 1 aromatic rings. The zero-order chi connectivity index (χ0) is 21.4. The van der Waals surface area contributed by atoms with E-state index in [0.29, 0.717) is 30.2 Å². The van der Waals surface area contributed by atoms with Gasteiger partial charge in [-0.2, -0.15) is 0 Å². The second-order valence-electron chi connectivity index (χ2n) is 11.6. The largest absolute Gasteiger partial charge is 0.353 e. The number of hydrogen-bond donors (Lipinski definition) is 1. The molecule has 4 heteroatoms. The van der Waals surface area contributed by atoms with Gasteiger partial charge in [0, 0.05) is 30.6 Å². The fourth-order valence-corrected chi connectivity index (χ4v) is 8.86. The molecule has 0 bridgehead atoms. The van der Waals surface area contributed by atoms with Gasteiger partial charge in [0.2, 0.25) is 11.8 Å². The maximum absolute atomic E-state index is 13.8. The van der Waals surface area contributed by atoms with E-state index in [1.165, 1.54) is 31.2 Å². The first kappa shape index (κ1) is 19.8. The van der Waals surface area contributed by atoms with E-state index in [4.69, 9.17) is 0 Å². The van der Waals surface area contributed by atoms with Crippen LogP contribution in [-0.4, -0.2) is 24.4 Å². The molecule has 3 aliphatic carbocycles. The van der Waals surface area contributed by atoms with Crippen LogP contribution in [0.5, 0.6) is 0 Å². The Bertz CT molecular complexity index is 928. The fraction of sp³-hybridized carbons (Fsp3) is 0.704. The molecule has 31 heavy (non-hydrogen) atoms. The highest BCUT2D eigenvalue weighted by Crippen LogP contribution is 2.65. The number of rotatable bonds is 1. The third kappa shape index (κ3) is 2.72. The van der Waals surface area contributed by atoms with Gasteiger partial charge in [-0.05, 0) is 91.6 Å². The van der Waals surface area contributed by atoms with Gasteiger partial charge in [0.15, 0.2) is 0 Å². The molecule has 2 amide bonds. The monoisotopic (exact) mass is 420 g/mol. The van der Waals surface area contributed by atoms with Crippen LogP contribution in [0.4, 0.5) is 5.69 Å². The van der Waals surface area contributed by atoms with Crippen molar-refractivity contribution in [1.29, 1.82) is 0 Å². The van der Waals surface area contributed by atoms with Crippen molar-refractivity contribution in [2.45, 2.75) is 77.7 Å². The second-order valence-corrected chi connectivity index (χ2v) is 11.6. The summed E-state index contributed by atoms with van der Waals surface area (Å²) in [4.78, 5) is 28.0. The summed E-state index contributed by atoms with van der Waals surface area (Å²) in [6.07, 6.45) is 9.71. The maximum atomic E-state index is 13.8. The minimum atomic E-state index is 0.136. The number of para-hydroxylation sites is 1. The normalized spacial score (nSPS) is 43.5. The molecule has 1 saturated heterocycles. The van der Waals surface area contributed by atoms with Crippen molar-refractivity contribution in [3.8, 4) is 0 Å². The van der Waals surface area contributed by atoms with Crippen molar-refractivity contribution in [2.75, 3.05) is 11.4 Å². The number of nitrogens with zero attached hydrogens (tertiary/aromatic N) is 1. The van der Waals surface area contributed by atoms with Crippen LogP contribution in [0.3, 0.4) is 0 Å². The molecular weight excluding hydrogens is 384 g/mol. The van der Waals surface area contributed by atoms with Gasteiger partial charge in [-0.3, -0.25) is 9.59 Å². The molecule has 3 saturated carbocycles. The number of nitrogens with one attached hydrogen (secondary N) is 1. The van der Waals surface area contributed by atoms with Crippen LogP contribution in [-0.2, 0) is 16.0 Å². The van der Waals surface area contributed by atoms with E-state index in [1.54, 1.807) is 0 Å². The molecule has 7 atom stereocenters. The molecule has 5 aliphatic rings. The number of carbonyl (C=O) groups excluding carboxylic acids is 2. The van der Waals surface area contributed by atoms with Gasteiger partial charge in [-0.15, -0.1) is 0 Å². The van der Waals surface area contributed by atoms with Gasteiger partial charge in [0.1, 0.15) is 0 Å². The highest BCUT2D eigenvalue weighted by molar-refractivity contribution is 5.97. The lowest BCUT2D eigenvalue weighted by Gasteiger charge is -2.60. The molecule has 1 aromatic carbocycles. The summed E-state index contributed by atoms with van der Waals surface area (Å²) in [6.45, 7) is 5.75. The van der Waals surface area contributed by atoms with Gasteiger partial charge in [0.25, 0.3) is 0 Å². The van der Waals surface area contributed by atoms with Crippen LogP contribution in [0, 0.1) is 34.5 Å². The molecule has 0 spiro atoms. The Labute approximate surface area is 186 Å². The number of carbonyl (C=O) groups is 2. The fourth-order valence-electron chi connectivity index (χ4n) is 8.86. The average Bonchev–Trinajstić information content (AvgIpc) is 3.35. The zero-order valence-electron chi connectivity index (χ0n) is 19.0. The van der Waals surface area contributed by atoms with Crippen LogP contribution >= 0.6 is 0 Å². The first-order chi connectivity index (χ1) is 14.9. The number of anilines is 1. The molecule has 1 N–H and O–H groups in total. The lowest BCUT2D eigenvalue weighted by molar-refractivity contribution is -0.140. The van der Waals surface area contributed by atoms with E-state index in [2.05, 4.69) is 48.3 Å². The van der Waals surface area contributed by atoms with Crippen LogP contribution in [0.1, 0.15) is 70.8 Å². The zero-order valence-corrected chi connectivity index (χ0v) is 19.0. The summed E-state index contributed by atoms with van der Waals surface area (Å²) in [7, 11) is 0. The van der Waals surface area contributed by atoms with E-state index in [-0.39, 0.29) is 22.7 Å². The molecule has 6 rings (SSSR count). The van der Waals surface area contributed by atoms with Crippen LogP contribution in [0.15, 0.2) is 24.3 Å². The average molecular weight is 421 g/mol. The maximum Gasteiger partial charge on any atom is 0.230 e. The highest BCUT2D eigenvalue weighted by Gasteiger charge is 2.61. The van der Waals surface area contributed by atoms with Crippen molar-refractivity contribution < 1.29 is 9.59 Å². The van der Waals surface area contributed by atoms with E-state index < -0.39 is 0 Å². The Morgan fingerprint density at radius 2 is 1.77 bits per heavy atom. The van der Waals surface area contributed by atoms with Crippen molar-refractivity contribution in [3.05, 3.63) is 29.8 Å². The van der Waals surface area contributed by atoms with E-state index in [0.717, 1.165) is 43.8 Å². The Morgan fingerprint density at radius 1 is 0.968 bits per heavy atom. The van der Waals surface area contributed by atoms with E-state index >= 15 is 0 Å². The Hall–Kier alpha value is -1.84. The van der Waals surface area contributed by atoms with Crippen molar-refractivity contribution >= 4 is 17.5 Å². The van der Waals surface area contributed by atoms with Crippen LogP contribution in [0.2, 0.25) is 0 Å². The summed E-state index contributed by atoms with van der Waals surface area (Å²) in [5.41, 5.74) is 2.86. The summed E-state index contributed by atoms with van der Waals surface area (Å²) in [5.74, 6) is 2.89. The number of amides is 2. The minimum Gasteiger partial charge on any atom is -0.353 e. The minimum absolute atomic E-state index is 0.136. The van der Waals surface area contributed by atoms with Crippen LogP contribution < -0.4 is 10.2 Å². The Kier molecular flexibility index (Phi) is 4.36. The Balaban J connectivity index is 1.26. The lowest BCUT2D eigenvalue weighted by Crippen LogP contribution is -2.61. The predicted octanol–water partition coefficient (Wildman–Crippen LogP) is 4.71. The van der Waals surface area contributed by atoms with E-state index in [9.17, 15) is 9.59 Å². The molecule has 0 unspecified atom stereocenters. The molecule has 4 nitrogen and oxygen atoms in total. The first-order valence-corrected chi connectivity index (χ1v) is 12.6.